The molecule has 0 aliphatic heterocycles. The molecule has 0 aliphatic rings. The first kappa shape index (κ1) is 20.8. The number of hydrogen-bond donors (Lipinski definition) is 2. The van der Waals surface area contributed by atoms with Gasteiger partial charge in [0.1, 0.15) is 5.82 Å². The van der Waals surface area contributed by atoms with Crippen molar-refractivity contribution in [2.45, 2.75) is 11.1 Å². The second-order valence-corrected chi connectivity index (χ2v) is 8.88. The Labute approximate surface area is 186 Å². The zero-order valence-electron chi connectivity index (χ0n) is 16.6. The number of rotatable bonds is 4. The molecule has 0 spiro atoms. The number of pyridine rings is 1. The predicted molar refractivity (Wildman–Crippen MR) is 117 cm³/mol. The van der Waals surface area contributed by atoms with Gasteiger partial charge in [0.2, 0.25) is 0 Å². The number of nitrogens with zero attached hydrogens (tertiary/aromatic N) is 2. The molecule has 0 bridgehead atoms. The Bertz CT molecular complexity index is 1610. The van der Waals surface area contributed by atoms with Crippen molar-refractivity contribution in [3.05, 3.63) is 84.6 Å². The van der Waals surface area contributed by atoms with Crippen LogP contribution in [0.3, 0.4) is 0 Å². The lowest BCUT2D eigenvalue weighted by molar-refractivity contribution is -0.137. The van der Waals surface area contributed by atoms with Crippen molar-refractivity contribution in [2.75, 3.05) is 4.72 Å². The van der Waals surface area contributed by atoms with Crippen molar-refractivity contribution in [2.24, 2.45) is 0 Å². The van der Waals surface area contributed by atoms with Crippen molar-refractivity contribution in [1.82, 2.24) is 15.0 Å². The molecule has 2 aromatic heterocycles. The number of benzene rings is 2. The summed E-state index contributed by atoms with van der Waals surface area (Å²) >= 11 is 0. The van der Waals surface area contributed by atoms with Gasteiger partial charge in [0.25, 0.3) is 10.0 Å². The van der Waals surface area contributed by atoms with Gasteiger partial charge in [0.15, 0.2) is 0 Å². The standard InChI is InChI=1S/C23H13F3N4O2S/c24-23(25,26)16-4-1-5-17(12-16)30-33(31,32)18-8-9-19-21(13-18)29-22(28-19)15-7-6-14-3-2-10-27-20(14)11-15/h1-5,8-13,30H,(H,28,29). The molecule has 6 nitrogen and oxygen atoms in total. The van der Waals surface area contributed by atoms with E-state index in [1.807, 2.05) is 6.07 Å². The van der Waals surface area contributed by atoms with Crippen LogP contribution in [0, 0.1) is 12.1 Å². The molecule has 164 valence electrons. The fourth-order valence-electron chi connectivity index (χ4n) is 3.33. The predicted octanol–water partition coefficient (Wildman–Crippen LogP) is 5.20. The monoisotopic (exact) mass is 466 g/mol. The number of anilines is 1. The molecule has 3 aromatic carbocycles. The van der Waals surface area contributed by atoms with Crippen LogP contribution in [0.4, 0.5) is 18.9 Å². The van der Waals surface area contributed by atoms with E-state index in [1.54, 1.807) is 18.3 Å². The van der Waals surface area contributed by atoms with E-state index in [9.17, 15) is 21.6 Å². The smallest absolute Gasteiger partial charge is 0.337 e. The molecule has 0 unspecified atom stereocenters. The molecule has 0 amide bonds. The zero-order chi connectivity index (χ0) is 23.2. The van der Waals surface area contributed by atoms with E-state index in [1.165, 1.54) is 24.3 Å². The van der Waals surface area contributed by atoms with Crippen LogP contribution in [-0.4, -0.2) is 23.4 Å². The van der Waals surface area contributed by atoms with Crippen LogP contribution in [0.1, 0.15) is 5.56 Å². The van der Waals surface area contributed by atoms with Gasteiger partial charge in [-0.3, -0.25) is 9.71 Å². The van der Waals surface area contributed by atoms with Crippen LogP contribution in [0.15, 0.2) is 71.8 Å². The van der Waals surface area contributed by atoms with Crippen molar-refractivity contribution >= 4 is 37.6 Å². The summed E-state index contributed by atoms with van der Waals surface area (Å²) in [7, 11) is -4.14. The normalized spacial score (nSPS) is 12.1. The van der Waals surface area contributed by atoms with Crippen molar-refractivity contribution < 1.29 is 21.6 Å². The topological polar surface area (TPSA) is 87.7 Å². The summed E-state index contributed by atoms with van der Waals surface area (Å²) < 4.78 is 66.5. The van der Waals surface area contributed by atoms with Crippen LogP contribution in [-0.2, 0) is 16.2 Å². The summed E-state index contributed by atoms with van der Waals surface area (Å²) in [6, 6.07) is 19.7. The molecule has 0 radical (unpaired) electrons. The molecule has 33 heavy (non-hydrogen) atoms. The van der Waals surface area contributed by atoms with E-state index < -0.39 is 21.8 Å². The summed E-state index contributed by atoms with van der Waals surface area (Å²) in [4.78, 5) is 11.7. The Morgan fingerprint density at radius 2 is 1.79 bits per heavy atom. The number of fused-ring (bicyclic) bond motifs is 2. The average Bonchev–Trinajstić information content (AvgIpc) is 3.22. The zero-order valence-corrected chi connectivity index (χ0v) is 17.4. The van der Waals surface area contributed by atoms with Gasteiger partial charge < -0.3 is 4.98 Å². The second kappa shape index (κ2) is 7.50. The fourth-order valence-corrected chi connectivity index (χ4v) is 4.41. The maximum Gasteiger partial charge on any atom is 0.416 e. The number of aromatic amines is 1. The first-order valence-electron chi connectivity index (χ1n) is 9.58. The Kier molecular flexibility index (Phi) is 4.72. The first-order chi connectivity index (χ1) is 15.7. The Hall–Kier alpha value is -4.10. The molecule has 0 aliphatic carbocycles. The summed E-state index contributed by atoms with van der Waals surface area (Å²) in [5, 5.41) is 0.798. The molecule has 10 heteroatoms. The Balaban J connectivity index is 1.48. The van der Waals surface area contributed by atoms with Gasteiger partial charge in [-0.05, 0) is 54.6 Å². The minimum absolute atomic E-state index is 0.127. The highest BCUT2D eigenvalue weighted by Crippen LogP contribution is 2.31. The number of alkyl halides is 3. The van der Waals surface area contributed by atoms with Gasteiger partial charge in [0, 0.05) is 11.9 Å². The summed E-state index contributed by atoms with van der Waals surface area (Å²) in [6.07, 6.45) is -2.92. The molecule has 5 aromatic rings. The van der Waals surface area contributed by atoms with Crippen LogP contribution >= 0.6 is 0 Å². The fraction of sp³-hybridized carbons (Fsp3) is 0.0435. The number of imidazole rings is 1. The van der Waals surface area contributed by atoms with E-state index in [4.69, 9.17) is 0 Å². The lowest BCUT2D eigenvalue weighted by atomic mass is 10.2. The minimum Gasteiger partial charge on any atom is -0.337 e. The second-order valence-electron chi connectivity index (χ2n) is 7.19. The summed E-state index contributed by atoms with van der Waals surface area (Å²) in [6.45, 7) is 0. The van der Waals surface area contributed by atoms with Crippen molar-refractivity contribution in [3.63, 3.8) is 0 Å². The number of halogens is 3. The molecular weight excluding hydrogens is 453 g/mol. The molecule has 0 atom stereocenters. The highest BCUT2D eigenvalue weighted by atomic mass is 32.2. The van der Waals surface area contributed by atoms with Gasteiger partial charge in [-0.2, -0.15) is 13.2 Å². The van der Waals surface area contributed by atoms with E-state index in [-0.39, 0.29) is 10.6 Å². The van der Waals surface area contributed by atoms with Crippen LogP contribution in [0.5, 0.6) is 0 Å². The number of H-pyrrole nitrogens is 1. The molecule has 0 saturated carbocycles. The lowest BCUT2D eigenvalue weighted by Crippen LogP contribution is -2.14. The largest absolute Gasteiger partial charge is 0.416 e. The van der Waals surface area contributed by atoms with Crippen molar-refractivity contribution in [1.29, 1.82) is 0 Å². The van der Waals surface area contributed by atoms with Crippen LogP contribution in [0.25, 0.3) is 33.3 Å². The summed E-state index contributed by atoms with van der Waals surface area (Å²) in [5.74, 6) is 0.453. The van der Waals surface area contributed by atoms with Crippen LogP contribution < -0.4 is 4.72 Å². The first-order valence-corrected chi connectivity index (χ1v) is 11.1. The molecule has 0 saturated heterocycles. The number of sulfonamides is 1. The maximum atomic E-state index is 12.9. The van der Waals surface area contributed by atoms with Gasteiger partial charge in [-0.1, -0.05) is 18.2 Å². The lowest BCUT2D eigenvalue weighted by Gasteiger charge is -2.11. The third-order valence-electron chi connectivity index (χ3n) is 4.91. The summed E-state index contributed by atoms with van der Waals surface area (Å²) in [5.41, 5.74) is 1.12. The van der Waals surface area contributed by atoms with E-state index in [2.05, 4.69) is 31.8 Å². The van der Waals surface area contributed by atoms with Gasteiger partial charge in [-0.15, -0.1) is 0 Å². The minimum atomic E-state index is -4.58. The number of aromatic nitrogens is 3. The number of nitrogens with one attached hydrogen (secondary N) is 2. The van der Waals surface area contributed by atoms with Crippen molar-refractivity contribution in [3.8, 4) is 11.4 Å². The molecule has 0 fully saturated rings. The van der Waals surface area contributed by atoms with E-state index in [0.717, 1.165) is 23.6 Å². The Morgan fingerprint density at radius 3 is 2.61 bits per heavy atom. The SMILES string of the molecule is O=S(=O)(Nc1cccc(C(F)(F)F)c1)c1ccc2nc(-c3c#cc4cccnc4c3)[nH]c2c1. The number of hydrogen-bond acceptors (Lipinski definition) is 4. The average molecular weight is 466 g/mol. The highest BCUT2D eigenvalue weighted by molar-refractivity contribution is 7.92. The highest BCUT2D eigenvalue weighted by Gasteiger charge is 2.30. The van der Waals surface area contributed by atoms with Gasteiger partial charge in [0.05, 0.1) is 38.0 Å². The third-order valence-corrected chi connectivity index (χ3v) is 6.29. The molecule has 2 N–H and O–H groups in total. The maximum absolute atomic E-state index is 12.9. The molecule has 5 rings (SSSR count). The van der Waals surface area contributed by atoms with Gasteiger partial charge >= 0.3 is 6.18 Å². The van der Waals surface area contributed by atoms with E-state index >= 15 is 0 Å². The molecule has 2 heterocycles. The van der Waals surface area contributed by atoms with Crippen LogP contribution in [0.2, 0.25) is 0 Å². The Morgan fingerprint density at radius 1 is 0.939 bits per heavy atom. The quantitative estimate of drug-likeness (QED) is 0.381. The van der Waals surface area contributed by atoms with E-state index in [0.29, 0.717) is 27.9 Å². The third kappa shape index (κ3) is 4.06. The van der Waals surface area contributed by atoms with Gasteiger partial charge in [-0.25, -0.2) is 13.4 Å². The molecular formula is C23H13F3N4O2S.